The molecule has 6 heteroatoms. The highest BCUT2D eigenvalue weighted by Gasteiger charge is 2.10. The molecule has 22 heavy (non-hydrogen) atoms. The van der Waals surface area contributed by atoms with E-state index in [-0.39, 0.29) is 5.91 Å². The average Bonchev–Trinajstić information content (AvgIpc) is 2.54. The second-order valence-electron chi connectivity index (χ2n) is 4.83. The summed E-state index contributed by atoms with van der Waals surface area (Å²) < 4.78 is 4.65. The Kier molecular flexibility index (Phi) is 4.73. The van der Waals surface area contributed by atoms with E-state index in [1.165, 1.54) is 13.3 Å². The monoisotopic (exact) mass is 299 g/mol. The van der Waals surface area contributed by atoms with Gasteiger partial charge in [-0.2, -0.15) is 0 Å². The highest BCUT2D eigenvalue weighted by Crippen LogP contribution is 2.14. The van der Waals surface area contributed by atoms with E-state index in [4.69, 9.17) is 0 Å². The minimum Gasteiger partial charge on any atom is -0.465 e. The first-order chi connectivity index (χ1) is 10.5. The standard InChI is InChI=1S/C16H17N3O3/c1-19(2)14-8-7-12(10-17-14)15(20)18-13-6-4-5-11(9-13)16(21)22-3/h4-10H,1-3H3,(H,18,20). The quantitative estimate of drug-likeness (QED) is 0.876. The van der Waals surface area contributed by atoms with Gasteiger partial charge < -0.3 is 15.0 Å². The number of hydrogen-bond acceptors (Lipinski definition) is 5. The Balaban J connectivity index is 2.13. The van der Waals surface area contributed by atoms with Crippen LogP contribution in [0.5, 0.6) is 0 Å². The summed E-state index contributed by atoms with van der Waals surface area (Å²) in [6.07, 6.45) is 1.51. The lowest BCUT2D eigenvalue weighted by atomic mass is 10.2. The molecule has 114 valence electrons. The van der Waals surface area contributed by atoms with Crippen LogP contribution in [0.3, 0.4) is 0 Å². The molecule has 0 unspecified atom stereocenters. The third-order valence-corrected chi connectivity index (χ3v) is 3.01. The molecule has 0 saturated carbocycles. The SMILES string of the molecule is COC(=O)c1cccc(NC(=O)c2ccc(N(C)C)nc2)c1. The molecule has 0 saturated heterocycles. The summed E-state index contributed by atoms with van der Waals surface area (Å²) in [7, 11) is 5.06. The van der Waals surface area contributed by atoms with Gasteiger partial charge >= 0.3 is 5.97 Å². The molecule has 1 N–H and O–H groups in total. The highest BCUT2D eigenvalue weighted by atomic mass is 16.5. The number of nitrogens with one attached hydrogen (secondary N) is 1. The number of ether oxygens (including phenoxy) is 1. The number of methoxy groups -OCH3 is 1. The van der Waals surface area contributed by atoms with Gasteiger partial charge in [0.1, 0.15) is 5.82 Å². The van der Waals surface area contributed by atoms with Crippen molar-refractivity contribution in [3.05, 3.63) is 53.7 Å². The topological polar surface area (TPSA) is 71.5 Å². The number of nitrogens with zero attached hydrogens (tertiary/aromatic N) is 2. The lowest BCUT2D eigenvalue weighted by molar-refractivity contribution is 0.0600. The number of pyridine rings is 1. The van der Waals surface area contributed by atoms with Crippen LogP contribution in [0.1, 0.15) is 20.7 Å². The summed E-state index contributed by atoms with van der Waals surface area (Å²) in [6.45, 7) is 0. The van der Waals surface area contributed by atoms with Crippen LogP contribution in [-0.4, -0.2) is 38.1 Å². The van der Waals surface area contributed by atoms with Crippen LogP contribution in [-0.2, 0) is 4.74 Å². The molecule has 1 amide bonds. The van der Waals surface area contributed by atoms with E-state index in [0.29, 0.717) is 16.8 Å². The van der Waals surface area contributed by atoms with E-state index in [2.05, 4.69) is 15.0 Å². The van der Waals surface area contributed by atoms with Gasteiger partial charge in [0.05, 0.1) is 18.2 Å². The first-order valence-corrected chi connectivity index (χ1v) is 6.64. The maximum absolute atomic E-state index is 12.2. The molecule has 0 aliphatic carbocycles. The maximum Gasteiger partial charge on any atom is 0.337 e. The van der Waals surface area contributed by atoms with E-state index in [0.717, 1.165) is 5.82 Å². The average molecular weight is 299 g/mol. The molecule has 6 nitrogen and oxygen atoms in total. The Hall–Kier alpha value is -2.89. The van der Waals surface area contributed by atoms with Crippen molar-refractivity contribution in [2.75, 3.05) is 31.4 Å². The Labute approximate surface area is 128 Å². The normalized spacial score (nSPS) is 9.95. The molecular weight excluding hydrogens is 282 g/mol. The Morgan fingerprint density at radius 1 is 1.14 bits per heavy atom. The number of carbonyl (C=O) groups excluding carboxylic acids is 2. The summed E-state index contributed by atoms with van der Waals surface area (Å²) in [5.74, 6) is 0.0252. The van der Waals surface area contributed by atoms with Gasteiger partial charge in [0.15, 0.2) is 0 Å². The molecule has 2 rings (SSSR count). The minimum absolute atomic E-state index is 0.292. The molecule has 2 aromatic rings. The van der Waals surface area contributed by atoms with Gasteiger partial charge in [0.2, 0.25) is 0 Å². The number of hydrogen-bond donors (Lipinski definition) is 1. The fraction of sp³-hybridized carbons (Fsp3) is 0.188. The third-order valence-electron chi connectivity index (χ3n) is 3.01. The first-order valence-electron chi connectivity index (χ1n) is 6.64. The van der Waals surface area contributed by atoms with Gasteiger partial charge in [0.25, 0.3) is 5.91 Å². The van der Waals surface area contributed by atoms with Gasteiger partial charge in [-0.1, -0.05) is 6.07 Å². The van der Waals surface area contributed by atoms with Crippen molar-refractivity contribution in [1.82, 2.24) is 4.98 Å². The van der Waals surface area contributed by atoms with Crippen LogP contribution in [0.2, 0.25) is 0 Å². The summed E-state index contributed by atoms with van der Waals surface area (Å²) in [6, 6.07) is 10.0. The molecule has 0 aliphatic heterocycles. The fourth-order valence-electron chi connectivity index (χ4n) is 1.83. The van der Waals surface area contributed by atoms with E-state index in [1.807, 2.05) is 19.0 Å². The Bertz CT molecular complexity index is 681. The van der Waals surface area contributed by atoms with Crippen molar-refractivity contribution in [2.24, 2.45) is 0 Å². The molecular formula is C16H17N3O3. The highest BCUT2D eigenvalue weighted by molar-refractivity contribution is 6.04. The van der Waals surface area contributed by atoms with Gasteiger partial charge in [0, 0.05) is 26.0 Å². The van der Waals surface area contributed by atoms with Crippen LogP contribution >= 0.6 is 0 Å². The summed E-state index contributed by atoms with van der Waals surface area (Å²) in [5, 5.41) is 2.73. The zero-order chi connectivity index (χ0) is 16.1. The second kappa shape index (κ2) is 6.71. The summed E-state index contributed by atoms with van der Waals surface area (Å²) >= 11 is 0. The Morgan fingerprint density at radius 3 is 2.50 bits per heavy atom. The molecule has 0 atom stereocenters. The van der Waals surface area contributed by atoms with Crippen LogP contribution in [0.15, 0.2) is 42.6 Å². The van der Waals surface area contributed by atoms with Crippen molar-refractivity contribution in [3.63, 3.8) is 0 Å². The van der Waals surface area contributed by atoms with Gasteiger partial charge in [-0.3, -0.25) is 4.79 Å². The largest absolute Gasteiger partial charge is 0.465 e. The van der Waals surface area contributed by atoms with Gasteiger partial charge in [-0.15, -0.1) is 0 Å². The van der Waals surface area contributed by atoms with Crippen LogP contribution in [0, 0.1) is 0 Å². The van der Waals surface area contributed by atoms with E-state index in [9.17, 15) is 9.59 Å². The number of aromatic nitrogens is 1. The molecule has 0 radical (unpaired) electrons. The molecule has 1 aromatic heterocycles. The van der Waals surface area contributed by atoms with Crippen molar-refractivity contribution >= 4 is 23.4 Å². The minimum atomic E-state index is -0.451. The van der Waals surface area contributed by atoms with Crippen molar-refractivity contribution in [2.45, 2.75) is 0 Å². The molecule has 0 aliphatic rings. The smallest absolute Gasteiger partial charge is 0.337 e. The predicted octanol–water partition coefficient (Wildman–Crippen LogP) is 2.19. The molecule has 1 heterocycles. The van der Waals surface area contributed by atoms with Crippen molar-refractivity contribution in [1.29, 1.82) is 0 Å². The van der Waals surface area contributed by atoms with Gasteiger partial charge in [-0.05, 0) is 30.3 Å². The van der Waals surface area contributed by atoms with Crippen LogP contribution < -0.4 is 10.2 Å². The van der Waals surface area contributed by atoms with Crippen molar-refractivity contribution in [3.8, 4) is 0 Å². The number of carbonyl (C=O) groups is 2. The third kappa shape index (κ3) is 3.60. The lowest BCUT2D eigenvalue weighted by Crippen LogP contribution is -2.14. The van der Waals surface area contributed by atoms with Crippen LogP contribution in [0.25, 0.3) is 0 Å². The predicted molar refractivity (Wildman–Crippen MR) is 84.3 cm³/mol. The van der Waals surface area contributed by atoms with E-state index in [1.54, 1.807) is 36.4 Å². The number of benzene rings is 1. The Morgan fingerprint density at radius 2 is 1.91 bits per heavy atom. The van der Waals surface area contributed by atoms with Crippen LogP contribution in [0.4, 0.5) is 11.5 Å². The molecule has 0 bridgehead atoms. The van der Waals surface area contributed by atoms with Crippen molar-refractivity contribution < 1.29 is 14.3 Å². The first kappa shape index (κ1) is 15.5. The summed E-state index contributed by atoms with van der Waals surface area (Å²) in [5.41, 5.74) is 1.33. The maximum atomic E-state index is 12.2. The lowest BCUT2D eigenvalue weighted by Gasteiger charge is -2.11. The molecule has 1 aromatic carbocycles. The zero-order valence-electron chi connectivity index (χ0n) is 12.7. The number of esters is 1. The number of rotatable bonds is 4. The second-order valence-corrected chi connectivity index (χ2v) is 4.83. The fourth-order valence-corrected chi connectivity index (χ4v) is 1.83. The summed E-state index contributed by atoms with van der Waals surface area (Å²) in [4.78, 5) is 29.7. The molecule has 0 spiro atoms. The number of amides is 1. The number of anilines is 2. The zero-order valence-corrected chi connectivity index (χ0v) is 12.7. The van der Waals surface area contributed by atoms with E-state index < -0.39 is 5.97 Å². The van der Waals surface area contributed by atoms with E-state index >= 15 is 0 Å². The molecule has 0 fully saturated rings. The van der Waals surface area contributed by atoms with Gasteiger partial charge in [-0.25, -0.2) is 9.78 Å².